The number of amides is 3. The minimum absolute atomic E-state index is 0.00914. The summed E-state index contributed by atoms with van der Waals surface area (Å²) in [5.41, 5.74) is -0.529. The van der Waals surface area contributed by atoms with Crippen LogP contribution < -0.4 is 5.32 Å². The molecule has 136 valence electrons. The van der Waals surface area contributed by atoms with Crippen molar-refractivity contribution in [1.29, 1.82) is 0 Å². The summed E-state index contributed by atoms with van der Waals surface area (Å²) < 4.78 is 5.37. The van der Waals surface area contributed by atoms with E-state index in [9.17, 15) is 14.4 Å². The molecule has 0 aromatic carbocycles. The number of rotatable bonds is 6. The molecule has 1 atom stereocenters. The van der Waals surface area contributed by atoms with Crippen molar-refractivity contribution >= 4 is 17.9 Å². The first-order valence-electron chi connectivity index (χ1n) is 8.35. The van der Waals surface area contributed by atoms with Gasteiger partial charge in [-0.2, -0.15) is 0 Å². The number of likely N-dealkylation sites (N-methyl/N-ethyl adjacent to an activating group) is 1. The largest absolute Gasteiger partial charge is 0.444 e. The van der Waals surface area contributed by atoms with Gasteiger partial charge < -0.3 is 19.9 Å². The Bertz CT molecular complexity index is 485. The molecular formula is C17H29N3O4. The van der Waals surface area contributed by atoms with E-state index in [1.54, 1.807) is 9.80 Å². The van der Waals surface area contributed by atoms with Crippen LogP contribution in [0.5, 0.6) is 0 Å². The predicted molar refractivity (Wildman–Crippen MR) is 91.4 cm³/mol. The summed E-state index contributed by atoms with van der Waals surface area (Å²) in [6.07, 6.45) is 1.80. The van der Waals surface area contributed by atoms with Crippen LogP contribution in [0, 0.1) is 0 Å². The first-order chi connectivity index (χ1) is 11.2. The molecule has 0 spiro atoms. The van der Waals surface area contributed by atoms with E-state index >= 15 is 0 Å². The third kappa shape index (κ3) is 6.22. The zero-order chi connectivity index (χ0) is 18.3. The maximum atomic E-state index is 12.4. The molecule has 0 radical (unpaired) electrons. The highest BCUT2D eigenvalue weighted by molar-refractivity contribution is 5.87. The van der Waals surface area contributed by atoms with E-state index in [0.717, 1.165) is 6.42 Å². The van der Waals surface area contributed by atoms with Crippen molar-refractivity contribution in [3.63, 3.8) is 0 Å². The Morgan fingerprint density at radius 2 is 2.04 bits per heavy atom. The highest BCUT2D eigenvalue weighted by Crippen LogP contribution is 2.19. The van der Waals surface area contributed by atoms with E-state index < -0.39 is 5.60 Å². The summed E-state index contributed by atoms with van der Waals surface area (Å²) >= 11 is 0. The van der Waals surface area contributed by atoms with Crippen molar-refractivity contribution < 1.29 is 19.1 Å². The van der Waals surface area contributed by atoms with Crippen molar-refractivity contribution in [1.82, 2.24) is 15.1 Å². The molecule has 3 amide bonds. The standard InChI is InChI=1S/C17H29N3O4/c1-6-14(21)18-10-8-15(22)20(7-2)13-9-11-19(12-13)16(23)24-17(3,4)5/h6,13H,1,7-12H2,2-5H3,(H,18,21). The lowest BCUT2D eigenvalue weighted by Gasteiger charge is -2.29. The number of nitrogens with one attached hydrogen (secondary N) is 1. The van der Waals surface area contributed by atoms with Crippen molar-refractivity contribution in [3.8, 4) is 0 Å². The van der Waals surface area contributed by atoms with Gasteiger partial charge in [-0.3, -0.25) is 9.59 Å². The smallest absolute Gasteiger partial charge is 0.410 e. The number of carbonyl (C=O) groups is 3. The van der Waals surface area contributed by atoms with Gasteiger partial charge in [-0.25, -0.2) is 4.79 Å². The molecular weight excluding hydrogens is 310 g/mol. The molecule has 0 bridgehead atoms. The predicted octanol–water partition coefficient (Wildman–Crippen LogP) is 1.54. The Morgan fingerprint density at radius 3 is 2.58 bits per heavy atom. The Balaban J connectivity index is 2.52. The molecule has 0 aromatic heterocycles. The third-order valence-electron chi connectivity index (χ3n) is 3.74. The van der Waals surface area contributed by atoms with E-state index in [1.807, 2.05) is 27.7 Å². The molecule has 0 aromatic rings. The van der Waals surface area contributed by atoms with E-state index in [2.05, 4.69) is 11.9 Å². The molecule has 1 aliphatic heterocycles. The zero-order valence-corrected chi connectivity index (χ0v) is 15.1. The lowest BCUT2D eigenvalue weighted by atomic mass is 10.2. The molecule has 1 rings (SSSR count). The van der Waals surface area contributed by atoms with Crippen molar-refractivity contribution in [2.45, 2.75) is 52.2 Å². The molecule has 7 heteroatoms. The Labute approximate surface area is 144 Å². The average Bonchev–Trinajstić information content (AvgIpc) is 2.95. The van der Waals surface area contributed by atoms with E-state index in [4.69, 9.17) is 4.74 Å². The molecule has 1 unspecified atom stereocenters. The second-order valence-electron chi connectivity index (χ2n) is 6.79. The number of likely N-dealkylation sites (tertiary alicyclic amines) is 1. The zero-order valence-electron chi connectivity index (χ0n) is 15.1. The van der Waals surface area contributed by atoms with Crippen molar-refractivity contribution in [2.75, 3.05) is 26.2 Å². The topological polar surface area (TPSA) is 79.0 Å². The maximum Gasteiger partial charge on any atom is 0.410 e. The fourth-order valence-electron chi connectivity index (χ4n) is 2.64. The quantitative estimate of drug-likeness (QED) is 0.745. The Hall–Kier alpha value is -2.05. The molecule has 7 nitrogen and oxygen atoms in total. The highest BCUT2D eigenvalue weighted by Gasteiger charge is 2.33. The molecule has 24 heavy (non-hydrogen) atoms. The van der Waals surface area contributed by atoms with Gasteiger partial charge >= 0.3 is 6.09 Å². The van der Waals surface area contributed by atoms with Crippen LogP contribution in [0.4, 0.5) is 4.79 Å². The van der Waals surface area contributed by atoms with E-state index in [-0.39, 0.29) is 36.9 Å². The van der Waals surface area contributed by atoms with Gasteiger partial charge in [0.15, 0.2) is 0 Å². The Morgan fingerprint density at radius 1 is 1.38 bits per heavy atom. The molecule has 1 aliphatic rings. The van der Waals surface area contributed by atoms with Crippen LogP contribution in [-0.2, 0) is 14.3 Å². The second kappa shape index (κ2) is 8.70. The van der Waals surface area contributed by atoms with Gasteiger partial charge in [0.05, 0.1) is 6.04 Å². The minimum Gasteiger partial charge on any atom is -0.444 e. The number of nitrogens with zero attached hydrogens (tertiary/aromatic N) is 2. The van der Waals surface area contributed by atoms with Crippen LogP contribution in [-0.4, -0.2) is 65.5 Å². The maximum absolute atomic E-state index is 12.4. The van der Waals surface area contributed by atoms with E-state index in [0.29, 0.717) is 19.6 Å². The third-order valence-corrected chi connectivity index (χ3v) is 3.74. The van der Waals surface area contributed by atoms with Crippen LogP contribution in [0.15, 0.2) is 12.7 Å². The summed E-state index contributed by atoms with van der Waals surface area (Å²) in [5, 5.41) is 2.60. The monoisotopic (exact) mass is 339 g/mol. The summed E-state index contributed by atoms with van der Waals surface area (Å²) in [4.78, 5) is 39.0. The van der Waals surface area contributed by atoms with Crippen molar-refractivity contribution in [2.24, 2.45) is 0 Å². The SMILES string of the molecule is C=CC(=O)NCCC(=O)N(CC)C1CCN(C(=O)OC(C)(C)C)C1. The number of carbonyl (C=O) groups excluding carboxylic acids is 3. The van der Waals surface area contributed by atoms with Gasteiger partial charge in [-0.15, -0.1) is 0 Å². The van der Waals surface area contributed by atoms with Gasteiger partial charge in [-0.05, 0) is 40.2 Å². The van der Waals surface area contributed by atoms with Gasteiger partial charge in [0.25, 0.3) is 0 Å². The van der Waals surface area contributed by atoms with Gasteiger partial charge in [-0.1, -0.05) is 6.58 Å². The second-order valence-corrected chi connectivity index (χ2v) is 6.79. The van der Waals surface area contributed by atoms with Gasteiger partial charge in [0, 0.05) is 32.6 Å². The summed E-state index contributed by atoms with van der Waals surface area (Å²) in [6.45, 7) is 12.7. The highest BCUT2D eigenvalue weighted by atomic mass is 16.6. The molecule has 1 saturated heterocycles. The van der Waals surface area contributed by atoms with Crippen LogP contribution in [0.2, 0.25) is 0 Å². The number of ether oxygens (including phenoxy) is 1. The summed E-state index contributed by atoms with van der Waals surface area (Å²) in [6, 6.07) is -0.00914. The molecule has 0 aliphatic carbocycles. The lowest BCUT2D eigenvalue weighted by molar-refractivity contribution is -0.133. The normalized spacial score (nSPS) is 17.3. The first kappa shape index (κ1) is 20.0. The van der Waals surface area contributed by atoms with Crippen molar-refractivity contribution in [3.05, 3.63) is 12.7 Å². The van der Waals surface area contributed by atoms with E-state index in [1.165, 1.54) is 6.08 Å². The lowest BCUT2D eigenvalue weighted by Crippen LogP contribution is -2.44. The van der Waals surface area contributed by atoms with Crippen LogP contribution in [0.25, 0.3) is 0 Å². The van der Waals surface area contributed by atoms with Crippen LogP contribution >= 0.6 is 0 Å². The summed E-state index contributed by atoms with van der Waals surface area (Å²) in [5.74, 6) is -0.319. The molecule has 1 N–H and O–H groups in total. The molecule has 0 saturated carbocycles. The van der Waals surface area contributed by atoms with Gasteiger partial charge in [0.1, 0.15) is 5.60 Å². The van der Waals surface area contributed by atoms with Gasteiger partial charge in [0.2, 0.25) is 11.8 Å². The molecule has 1 fully saturated rings. The average molecular weight is 339 g/mol. The molecule has 1 heterocycles. The van der Waals surface area contributed by atoms with Crippen LogP contribution in [0.1, 0.15) is 40.5 Å². The number of hydrogen-bond acceptors (Lipinski definition) is 4. The summed E-state index contributed by atoms with van der Waals surface area (Å²) in [7, 11) is 0. The fourth-order valence-corrected chi connectivity index (χ4v) is 2.64. The number of hydrogen-bond donors (Lipinski definition) is 1. The minimum atomic E-state index is -0.529. The fraction of sp³-hybridized carbons (Fsp3) is 0.706. The first-order valence-corrected chi connectivity index (χ1v) is 8.35. The van der Waals surface area contributed by atoms with Crippen LogP contribution in [0.3, 0.4) is 0 Å². The Kier molecular flexibility index (Phi) is 7.25.